The van der Waals surface area contributed by atoms with Crippen LogP contribution in [0.15, 0.2) is 59.2 Å². The van der Waals surface area contributed by atoms with Crippen molar-refractivity contribution < 1.29 is 19.1 Å². The summed E-state index contributed by atoms with van der Waals surface area (Å²) in [6.07, 6.45) is 8.11. The lowest BCUT2D eigenvalue weighted by Crippen LogP contribution is -1.95. The molecule has 0 aliphatic heterocycles. The lowest BCUT2D eigenvalue weighted by molar-refractivity contribution is 0.104. The summed E-state index contributed by atoms with van der Waals surface area (Å²) in [6.45, 7) is 0. The van der Waals surface area contributed by atoms with E-state index in [0.717, 1.165) is 0 Å². The first-order valence-corrected chi connectivity index (χ1v) is 6.00. The van der Waals surface area contributed by atoms with Crippen molar-refractivity contribution >= 4 is 11.9 Å². The summed E-state index contributed by atoms with van der Waals surface area (Å²) in [5, 5.41) is 9.46. The van der Waals surface area contributed by atoms with Gasteiger partial charge in [-0.15, -0.1) is 0 Å². The largest absolute Gasteiger partial charge is 0.504 e. The number of furan rings is 1. The minimum atomic E-state index is -0.174. The highest BCUT2D eigenvalue weighted by molar-refractivity contribution is 6.05. The molecule has 2 rings (SSSR count). The second kappa shape index (κ2) is 6.43. The van der Waals surface area contributed by atoms with E-state index in [9.17, 15) is 9.90 Å². The highest BCUT2D eigenvalue weighted by Gasteiger charge is 2.06. The van der Waals surface area contributed by atoms with Gasteiger partial charge in [0.2, 0.25) is 0 Å². The lowest BCUT2D eigenvalue weighted by Gasteiger charge is -2.04. The van der Waals surface area contributed by atoms with Gasteiger partial charge in [-0.1, -0.05) is 12.2 Å². The van der Waals surface area contributed by atoms with Gasteiger partial charge >= 0.3 is 0 Å². The van der Waals surface area contributed by atoms with Gasteiger partial charge in [0, 0.05) is 5.56 Å². The number of hydrogen-bond donors (Lipinski definition) is 1. The van der Waals surface area contributed by atoms with Gasteiger partial charge in [-0.3, -0.25) is 4.79 Å². The van der Waals surface area contributed by atoms with Gasteiger partial charge in [0.1, 0.15) is 5.76 Å². The Morgan fingerprint density at radius 3 is 2.85 bits per heavy atom. The number of carbonyl (C=O) groups excluding carboxylic acids is 1. The van der Waals surface area contributed by atoms with Crippen LogP contribution in [-0.4, -0.2) is 18.0 Å². The summed E-state index contributed by atoms with van der Waals surface area (Å²) in [5.74, 6) is 0.821. The smallest absolute Gasteiger partial charge is 0.185 e. The summed E-state index contributed by atoms with van der Waals surface area (Å²) in [4.78, 5) is 11.9. The fourth-order valence-corrected chi connectivity index (χ4v) is 1.61. The van der Waals surface area contributed by atoms with E-state index < -0.39 is 0 Å². The molecule has 0 saturated heterocycles. The lowest BCUT2D eigenvalue weighted by atomic mass is 10.1. The fraction of sp³-hybridized carbons (Fsp3) is 0.0625. The molecule has 0 unspecified atom stereocenters. The van der Waals surface area contributed by atoms with Crippen molar-refractivity contribution in [3.8, 4) is 11.5 Å². The van der Waals surface area contributed by atoms with Crippen LogP contribution in [0, 0.1) is 0 Å². The molecule has 4 heteroatoms. The zero-order valence-corrected chi connectivity index (χ0v) is 10.9. The highest BCUT2D eigenvalue weighted by Crippen LogP contribution is 2.26. The molecule has 4 nitrogen and oxygen atoms in total. The number of allylic oxidation sites excluding steroid dienone is 3. The van der Waals surface area contributed by atoms with Gasteiger partial charge in [-0.25, -0.2) is 0 Å². The average Bonchev–Trinajstić information content (AvgIpc) is 2.97. The molecule has 1 aromatic carbocycles. The predicted molar refractivity (Wildman–Crippen MR) is 75.9 cm³/mol. The zero-order chi connectivity index (χ0) is 14.4. The number of aromatic hydroxyl groups is 1. The molecule has 0 aliphatic rings. The van der Waals surface area contributed by atoms with E-state index >= 15 is 0 Å². The zero-order valence-electron chi connectivity index (χ0n) is 10.9. The molecule has 0 spiro atoms. The van der Waals surface area contributed by atoms with Crippen molar-refractivity contribution in [3.05, 3.63) is 66.1 Å². The van der Waals surface area contributed by atoms with E-state index in [4.69, 9.17) is 9.15 Å². The number of phenolic OH excluding ortho intramolecular Hbond substituents is 1. The van der Waals surface area contributed by atoms with Crippen LogP contribution < -0.4 is 4.74 Å². The van der Waals surface area contributed by atoms with E-state index in [2.05, 4.69) is 0 Å². The standard InChI is InChI=1S/C16H14O4/c1-19-16-11-12(8-9-15(16)18)14(17)7-3-2-5-13-6-4-10-20-13/h2-11,18H,1H3/b5-2+,7-3+. The number of rotatable bonds is 5. The molecular formula is C16H14O4. The van der Waals surface area contributed by atoms with Crippen molar-refractivity contribution in [2.45, 2.75) is 0 Å². The minimum Gasteiger partial charge on any atom is -0.504 e. The first kappa shape index (κ1) is 13.7. The van der Waals surface area contributed by atoms with Gasteiger partial charge in [0.15, 0.2) is 17.3 Å². The molecule has 0 atom stereocenters. The Labute approximate surface area is 116 Å². The molecular weight excluding hydrogens is 256 g/mol. The number of hydrogen-bond acceptors (Lipinski definition) is 4. The number of methoxy groups -OCH3 is 1. The number of ether oxygens (including phenoxy) is 1. The molecule has 20 heavy (non-hydrogen) atoms. The minimum absolute atomic E-state index is 0.00532. The molecule has 1 aromatic heterocycles. The van der Waals surface area contributed by atoms with Crippen molar-refractivity contribution in [3.63, 3.8) is 0 Å². The quantitative estimate of drug-likeness (QED) is 0.513. The Hall–Kier alpha value is -2.75. The van der Waals surface area contributed by atoms with E-state index in [-0.39, 0.29) is 17.3 Å². The van der Waals surface area contributed by atoms with Crippen molar-refractivity contribution in [2.24, 2.45) is 0 Å². The summed E-state index contributed by atoms with van der Waals surface area (Å²) in [6, 6.07) is 8.08. The summed E-state index contributed by atoms with van der Waals surface area (Å²) in [7, 11) is 1.44. The Bertz CT molecular complexity index is 637. The predicted octanol–water partition coefficient (Wildman–Crippen LogP) is 3.45. The Morgan fingerprint density at radius 1 is 1.30 bits per heavy atom. The molecule has 0 bridgehead atoms. The van der Waals surface area contributed by atoms with Gasteiger partial charge in [-0.2, -0.15) is 0 Å². The van der Waals surface area contributed by atoms with Gasteiger partial charge < -0.3 is 14.3 Å². The van der Waals surface area contributed by atoms with Crippen LogP contribution in [0.2, 0.25) is 0 Å². The van der Waals surface area contributed by atoms with Crippen molar-refractivity contribution in [2.75, 3.05) is 7.11 Å². The monoisotopic (exact) mass is 270 g/mol. The molecule has 0 amide bonds. The van der Waals surface area contributed by atoms with Crippen LogP contribution in [0.5, 0.6) is 11.5 Å². The Morgan fingerprint density at radius 2 is 2.15 bits per heavy atom. The number of ketones is 1. The van der Waals surface area contributed by atoms with Gasteiger partial charge in [0.05, 0.1) is 13.4 Å². The SMILES string of the molecule is COc1cc(C(=O)/C=C/C=C/c2ccco2)ccc1O. The molecule has 1 heterocycles. The number of carbonyl (C=O) groups is 1. The molecule has 0 radical (unpaired) electrons. The van der Waals surface area contributed by atoms with Crippen molar-refractivity contribution in [1.82, 2.24) is 0 Å². The van der Waals surface area contributed by atoms with E-state index in [1.54, 1.807) is 36.6 Å². The summed E-state index contributed by atoms with van der Waals surface area (Å²) < 4.78 is 10.1. The average molecular weight is 270 g/mol. The fourth-order valence-electron chi connectivity index (χ4n) is 1.61. The normalized spacial score (nSPS) is 11.2. The second-order valence-electron chi connectivity index (χ2n) is 3.98. The third kappa shape index (κ3) is 3.38. The van der Waals surface area contributed by atoms with Crippen LogP contribution in [-0.2, 0) is 0 Å². The highest BCUT2D eigenvalue weighted by atomic mass is 16.5. The molecule has 0 saturated carbocycles. The van der Waals surface area contributed by atoms with Crippen LogP contribution >= 0.6 is 0 Å². The maximum Gasteiger partial charge on any atom is 0.185 e. The molecule has 102 valence electrons. The maximum atomic E-state index is 11.9. The van der Waals surface area contributed by atoms with E-state index in [0.29, 0.717) is 11.3 Å². The Balaban J connectivity index is 2.04. The van der Waals surface area contributed by atoms with Crippen molar-refractivity contribution in [1.29, 1.82) is 0 Å². The first-order chi connectivity index (χ1) is 9.70. The number of phenols is 1. The van der Waals surface area contributed by atoms with Crippen LogP contribution in [0.3, 0.4) is 0 Å². The third-order valence-corrected chi connectivity index (χ3v) is 2.63. The molecule has 1 N–H and O–H groups in total. The Kier molecular flexibility index (Phi) is 4.39. The van der Waals surface area contributed by atoms with Gasteiger partial charge in [-0.05, 0) is 42.5 Å². The van der Waals surface area contributed by atoms with Crippen LogP contribution in [0.4, 0.5) is 0 Å². The molecule has 0 aliphatic carbocycles. The third-order valence-electron chi connectivity index (χ3n) is 2.63. The number of benzene rings is 1. The van der Waals surface area contributed by atoms with Crippen LogP contribution in [0.1, 0.15) is 16.1 Å². The van der Waals surface area contributed by atoms with E-state index in [1.807, 2.05) is 6.07 Å². The van der Waals surface area contributed by atoms with Crippen LogP contribution in [0.25, 0.3) is 6.08 Å². The molecule has 0 fully saturated rings. The second-order valence-corrected chi connectivity index (χ2v) is 3.98. The van der Waals surface area contributed by atoms with E-state index in [1.165, 1.54) is 25.3 Å². The van der Waals surface area contributed by atoms with Gasteiger partial charge in [0.25, 0.3) is 0 Å². The maximum absolute atomic E-state index is 11.9. The summed E-state index contributed by atoms with van der Waals surface area (Å²) in [5.41, 5.74) is 0.447. The first-order valence-electron chi connectivity index (χ1n) is 6.00. The summed E-state index contributed by atoms with van der Waals surface area (Å²) >= 11 is 0. The topological polar surface area (TPSA) is 59.7 Å². The molecule has 2 aromatic rings.